The number of nitrogens with zero attached hydrogens (tertiary/aromatic N) is 2. The summed E-state index contributed by atoms with van der Waals surface area (Å²) in [6.07, 6.45) is 3.81. The highest BCUT2D eigenvalue weighted by Gasteiger charge is 2.02. The molecule has 1 aromatic heterocycles. The van der Waals surface area contributed by atoms with Gasteiger partial charge in [-0.05, 0) is 37.6 Å². The molecule has 1 aromatic carbocycles. The van der Waals surface area contributed by atoms with Crippen LogP contribution in [0.3, 0.4) is 0 Å². The van der Waals surface area contributed by atoms with Gasteiger partial charge in [-0.15, -0.1) is 0 Å². The van der Waals surface area contributed by atoms with E-state index in [0.717, 1.165) is 25.1 Å². The van der Waals surface area contributed by atoms with Crippen molar-refractivity contribution in [3.05, 3.63) is 48.3 Å². The molecule has 1 heterocycles. The van der Waals surface area contributed by atoms with Crippen molar-refractivity contribution < 1.29 is 0 Å². The fourth-order valence-corrected chi connectivity index (χ4v) is 1.60. The number of benzene rings is 1. The molecule has 0 spiro atoms. The van der Waals surface area contributed by atoms with Gasteiger partial charge in [0.1, 0.15) is 0 Å². The molecule has 0 amide bonds. The summed E-state index contributed by atoms with van der Waals surface area (Å²) in [6, 6.07) is 12.2. The highest BCUT2D eigenvalue weighted by molar-refractivity contribution is 5.32. The van der Waals surface area contributed by atoms with E-state index in [1.54, 1.807) is 0 Å². The van der Waals surface area contributed by atoms with Crippen LogP contribution >= 0.6 is 0 Å². The predicted octanol–water partition coefficient (Wildman–Crippen LogP) is 1.76. The summed E-state index contributed by atoms with van der Waals surface area (Å²) in [6.45, 7) is 0.722. The monoisotopic (exact) mass is 201 g/mol. The van der Waals surface area contributed by atoms with Crippen molar-refractivity contribution in [1.82, 2.24) is 9.78 Å². The van der Waals surface area contributed by atoms with Crippen LogP contribution in [0.4, 0.5) is 0 Å². The molecule has 15 heavy (non-hydrogen) atoms. The molecule has 0 aliphatic carbocycles. The molecule has 0 fully saturated rings. The lowest BCUT2D eigenvalue weighted by Crippen LogP contribution is -2.05. The van der Waals surface area contributed by atoms with E-state index in [-0.39, 0.29) is 0 Å². The second-order valence-electron chi connectivity index (χ2n) is 3.46. The minimum absolute atomic E-state index is 0.722. The molecule has 3 nitrogen and oxygen atoms in total. The molecular formula is C12H15N3. The number of aryl methyl sites for hydroxylation is 1. The van der Waals surface area contributed by atoms with Crippen LogP contribution in [0.25, 0.3) is 5.69 Å². The molecule has 2 aromatic rings. The fourth-order valence-electron chi connectivity index (χ4n) is 1.60. The molecule has 0 saturated heterocycles. The van der Waals surface area contributed by atoms with Crippen molar-refractivity contribution in [3.8, 4) is 5.69 Å². The lowest BCUT2D eigenvalue weighted by Gasteiger charge is -2.06. The van der Waals surface area contributed by atoms with E-state index >= 15 is 0 Å². The fraction of sp³-hybridized carbons (Fsp3) is 0.250. The first-order valence-electron chi connectivity index (χ1n) is 5.20. The molecule has 0 saturated carbocycles. The normalized spacial score (nSPS) is 10.5. The molecule has 0 atom stereocenters. The van der Waals surface area contributed by atoms with Crippen LogP contribution in [0.2, 0.25) is 0 Å². The molecule has 2 N–H and O–H groups in total. The minimum Gasteiger partial charge on any atom is -0.330 e. The van der Waals surface area contributed by atoms with Crippen LogP contribution in [0.1, 0.15) is 12.1 Å². The molecule has 0 unspecified atom stereocenters. The van der Waals surface area contributed by atoms with Crippen LogP contribution in [0, 0.1) is 0 Å². The summed E-state index contributed by atoms with van der Waals surface area (Å²) in [5.41, 5.74) is 7.82. The van der Waals surface area contributed by atoms with Crippen LogP contribution in [0.5, 0.6) is 0 Å². The first-order chi connectivity index (χ1) is 7.42. The summed E-state index contributed by atoms with van der Waals surface area (Å²) < 4.78 is 1.97. The Morgan fingerprint density at radius 3 is 2.67 bits per heavy atom. The van der Waals surface area contributed by atoms with Gasteiger partial charge < -0.3 is 5.73 Å². The van der Waals surface area contributed by atoms with Crippen molar-refractivity contribution >= 4 is 0 Å². The van der Waals surface area contributed by atoms with Crippen LogP contribution in [0.15, 0.2) is 42.6 Å². The van der Waals surface area contributed by atoms with Crippen LogP contribution < -0.4 is 5.73 Å². The minimum atomic E-state index is 0.722. The standard InChI is InChI=1S/C12H15N3/c13-9-4-7-12-8-10-14-15(12)11-5-2-1-3-6-11/h1-3,5-6,8,10H,4,7,9,13H2. The third-order valence-corrected chi connectivity index (χ3v) is 2.36. The Balaban J connectivity index is 2.25. The molecular weight excluding hydrogens is 186 g/mol. The Morgan fingerprint density at radius 1 is 1.13 bits per heavy atom. The van der Waals surface area contributed by atoms with E-state index < -0.39 is 0 Å². The summed E-state index contributed by atoms with van der Waals surface area (Å²) in [5.74, 6) is 0. The maximum absolute atomic E-state index is 5.50. The number of nitrogens with two attached hydrogens (primary N) is 1. The molecule has 0 bridgehead atoms. The largest absolute Gasteiger partial charge is 0.330 e. The Bertz CT molecular complexity index is 406. The van der Waals surface area contributed by atoms with Gasteiger partial charge >= 0.3 is 0 Å². The van der Waals surface area contributed by atoms with Gasteiger partial charge in [0.05, 0.1) is 5.69 Å². The van der Waals surface area contributed by atoms with Crippen molar-refractivity contribution in [1.29, 1.82) is 0 Å². The van der Waals surface area contributed by atoms with E-state index in [9.17, 15) is 0 Å². The van der Waals surface area contributed by atoms with Crippen molar-refractivity contribution in [3.63, 3.8) is 0 Å². The zero-order valence-electron chi connectivity index (χ0n) is 8.63. The third kappa shape index (κ3) is 2.25. The molecule has 0 aliphatic rings. The van der Waals surface area contributed by atoms with Gasteiger partial charge in [0.25, 0.3) is 0 Å². The summed E-state index contributed by atoms with van der Waals surface area (Å²) >= 11 is 0. The van der Waals surface area contributed by atoms with Crippen molar-refractivity contribution in [2.24, 2.45) is 5.73 Å². The zero-order valence-corrected chi connectivity index (χ0v) is 8.63. The smallest absolute Gasteiger partial charge is 0.0648 e. The van der Waals surface area contributed by atoms with Gasteiger partial charge in [0.15, 0.2) is 0 Å². The second-order valence-corrected chi connectivity index (χ2v) is 3.46. The first-order valence-corrected chi connectivity index (χ1v) is 5.20. The SMILES string of the molecule is NCCCc1ccnn1-c1ccccc1. The summed E-state index contributed by atoms with van der Waals surface area (Å²) in [4.78, 5) is 0. The van der Waals surface area contributed by atoms with Crippen LogP contribution in [-0.2, 0) is 6.42 Å². The van der Waals surface area contributed by atoms with E-state index in [0.29, 0.717) is 0 Å². The number of rotatable bonds is 4. The number of hydrogen-bond donors (Lipinski definition) is 1. The molecule has 0 aliphatic heterocycles. The highest BCUT2D eigenvalue weighted by atomic mass is 15.3. The molecule has 3 heteroatoms. The van der Waals surface area contributed by atoms with E-state index in [4.69, 9.17) is 5.73 Å². The van der Waals surface area contributed by atoms with E-state index in [1.165, 1.54) is 5.69 Å². The lowest BCUT2D eigenvalue weighted by molar-refractivity contribution is 0.748. The summed E-state index contributed by atoms with van der Waals surface area (Å²) in [7, 11) is 0. The van der Waals surface area contributed by atoms with E-state index in [2.05, 4.69) is 17.2 Å². The van der Waals surface area contributed by atoms with Crippen molar-refractivity contribution in [2.45, 2.75) is 12.8 Å². The number of aromatic nitrogens is 2. The molecule has 2 rings (SSSR count). The zero-order chi connectivity index (χ0) is 10.5. The lowest BCUT2D eigenvalue weighted by atomic mass is 10.2. The number of para-hydroxylation sites is 1. The maximum Gasteiger partial charge on any atom is 0.0648 e. The van der Waals surface area contributed by atoms with Crippen molar-refractivity contribution in [2.75, 3.05) is 6.54 Å². The average Bonchev–Trinajstić information content (AvgIpc) is 2.75. The quantitative estimate of drug-likeness (QED) is 0.819. The van der Waals surface area contributed by atoms with E-state index in [1.807, 2.05) is 35.1 Å². The summed E-state index contributed by atoms with van der Waals surface area (Å²) in [5, 5.41) is 4.32. The molecule has 78 valence electrons. The predicted molar refractivity (Wildman–Crippen MR) is 60.9 cm³/mol. The van der Waals surface area contributed by atoms with Gasteiger partial charge in [0.2, 0.25) is 0 Å². The average molecular weight is 201 g/mol. The van der Waals surface area contributed by atoms with Gasteiger partial charge in [-0.3, -0.25) is 0 Å². The highest BCUT2D eigenvalue weighted by Crippen LogP contribution is 2.10. The topological polar surface area (TPSA) is 43.8 Å². The molecule has 0 radical (unpaired) electrons. The van der Waals surface area contributed by atoms with Crippen LogP contribution in [-0.4, -0.2) is 16.3 Å². The Morgan fingerprint density at radius 2 is 1.93 bits per heavy atom. The third-order valence-electron chi connectivity index (χ3n) is 2.36. The Hall–Kier alpha value is -1.61. The van der Waals surface area contributed by atoms with Gasteiger partial charge in [-0.2, -0.15) is 5.10 Å². The second kappa shape index (κ2) is 4.75. The Labute approximate surface area is 89.5 Å². The van der Waals surface area contributed by atoms with Gasteiger partial charge in [-0.25, -0.2) is 4.68 Å². The maximum atomic E-state index is 5.50. The number of hydrogen-bond acceptors (Lipinski definition) is 2. The van der Waals surface area contributed by atoms with Gasteiger partial charge in [-0.1, -0.05) is 18.2 Å². The van der Waals surface area contributed by atoms with Gasteiger partial charge in [0, 0.05) is 11.9 Å². The first kappa shape index (κ1) is 9.93. The Kier molecular flexibility index (Phi) is 3.15.